The standard InChI is InChI=1S/C25H28N4O4/c1-17-10-13-28(19-8-9-19)22(31)20(17)21(30)27-14-11-25(12-15-27)23(32)26(2)24(33)29(25)16-18-6-4-3-5-7-18/h3-7,10,13,19H,8-9,11-12,14-16H2,1-2H3. The third-order valence-electron chi connectivity index (χ3n) is 7.28. The average Bonchev–Trinajstić information content (AvgIpc) is 3.65. The highest BCUT2D eigenvalue weighted by atomic mass is 16.2. The van der Waals surface area contributed by atoms with Crippen LogP contribution in [-0.2, 0) is 11.3 Å². The molecular formula is C25H28N4O4. The van der Waals surface area contributed by atoms with Crippen molar-refractivity contribution in [2.45, 2.75) is 50.7 Å². The van der Waals surface area contributed by atoms with Gasteiger partial charge in [-0.15, -0.1) is 0 Å². The second-order valence-electron chi connectivity index (χ2n) is 9.36. The molecule has 0 radical (unpaired) electrons. The Morgan fingerprint density at radius 1 is 1.03 bits per heavy atom. The van der Waals surface area contributed by atoms with E-state index in [1.54, 1.807) is 27.5 Å². The third kappa shape index (κ3) is 3.44. The summed E-state index contributed by atoms with van der Waals surface area (Å²) in [5, 5.41) is 0. The zero-order chi connectivity index (χ0) is 23.3. The molecule has 0 unspecified atom stereocenters. The molecule has 8 heteroatoms. The van der Waals surface area contributed by atoms with Crippen molar-refractivity contribution >= 4 is 17.8 Å². The first-order chi connectivity index (χ1) is 15.8. The van der Waals surface area contributed by atoms with Gasteiger partial charge < -0.3 is 14.4 Å². The van der Waals surface area contributed by atoms with Crippen molar-refractivity contribution in [1.82, 2.24) is 19.3 Å². The molecule has 4 amide bonds. The number of aromatic nitrogens is 1. The van der Waals surface area contributed by atoms with E-state index in [0.29, 0.717) is 38.0 Å². The summed E-state index contributed by atoms with van der Waals surface area (Å²) in [4.78, 5) is 57.0. The van der Waals surface area contributed by atoms with Gasteiger partial charge in [-0.25, -0.2) is 4.79 Å². The van der Waals surface area contributed by atoms with Crippen LogP contribution in [-0.4, -0.2) is 62.8 Å². The number of nitrogens with zero attached hydrogens (tertiary/aromatic N) is 4. The molecule has 1 aliphatic carbocycles. The highest BCUT2D eigenvalue weighted by Crippen LogP contribution is 2.38. The van der Waals surface area contributed by atoms with Crippen molar-refractivity contribution in [3.63, 3.8) is 0 Å². The summed E-state index contributed by atoms with van der Waals surface area (Å²) in [7, 11) is 1.52. The second-order valence-corrected chi connectivity index (χ2v) is 9.36. The Labute approximate surface area is 192 Å². The molecule has 3 heterocycles. The summed E-state index contributed by atoms with van der Waals surface area (Å²) in [5.74, 6) is -0.510. The Bertz CT molecular complexity index is 1180. The van der Waals surface area contributed by atoms with Crippen molar-refractivity contribution in [3.8, 4) is 0 Å². The van der Waals surface area contributed by atoms with E-state index in [-0.39, 0.29) is 35.0 Å². The van der Waals surface area contributed by atoms with Gasteiger partial charge in [-0.1, -0.05) is 30.3 Å². The van der Waals surface area contributed by atoms with Gasteiger partial charge in [-0.05, 0) is 49.8 Å². The Morgan fingerprint density at radius 2 is 1.70 bits per heavy atom. The van der Waals surface area contributed by atoms with E-state index < -0.39 is 5.54 Å². The summed E-state index contributed by atoms with van der Waals surface area (Å²) in [6, 6.07) is 11.3. The lowest BCUT2D eigenvalue weighted by Crippen LogP contribution is -2.57. The van der Waals surface area contributed by atoms with Crippen LogP contribution in [0.25, 0.3) is 0 Å². The lowest BCUT2D eigenvalue weighted by molar-refractivity contribution is -0.134. The number of likely N-dealkylation sites (N-methyl/N-ethyl adjacent to an activating group) is 1. The van der Waals surface area contributed by atoms with Crippen LogP contribution >= 0.6 is 0 Å². The molecule has 0 bridgehead atoms. The number of pyridine rings is 1. The fourth-order valence-corrected chi connectivity index (χ4v) is 5.13. The molecule has 1 spiro atoms. The molecule has 8 nitrogen and oxygen atoms in total. The zero-order valence-corrected chi connectivity index (χ0v) is 19.0. The van der Waals surface area contributed by atoms with E-state index in [2.05, 4.69) is 0 Å². The molecular weight excluding hydrogens is 420 g/mol. The third-order valence-corrected chi connectivity index (χ3v) is 7.28. The van der Waals surface area contributed by atoms with Crippen LogP contribution in [0.3, 0.4) is 0 Å². The predicted molar refractivity (Wildman–Crippen MR) is 122 cm³/mol. The molecule has 1 saturated carbocycles. The number of carbonyl (C=O) groups is 3. The number of rotatable bonds is 4. The minimum atomic E-state index is -0.960. The maximum Gasteiger partial charge on any atom is 0.327 e. The highest BCUT2D eigenvalue weighted by molar-refractivity contribution is 6.07. The van der Waals surface area contributed by atoms with E-state index in [1.807, 2.05) is 36.4 Å². The van der Waals surface area contributed by atoms with Crippen molar-refractivity contribution in [2.75, 3.05) is 20.1 Å². The molecule has 3 fully saturated rings. The Balaban J connectivity index is 1.39. The van der Waals surface area contributed by atoms with Crippen LogP contribution < -0.4 is 5.56 Å². The van der Waals surface area contributed by atoms with Crippen molar-refractivity contribution in [3.05, 3.63) is 69.6 Å². The maximum atomic E-state index is 13.4. The second kappa shape index (κ2) is 7.86. The van der Waals surface area contributed by atoms with Gasteiger partial charge in [0.2, 0.25) is 0 Å². The molecule has 5 rings (SSSR count). The van der Waals surface area contributed by atoms with Gasteiger partial charge in [0.25, 0.3) is 17.4 Å². The van der Waals surface area contributed by atoms with E-state index in [0.717, 1.165) is 18.4 Å². The number of imide groups is 1. The number of hydrogen-bond acceptors (Lipinski definition) is 4. The van der Waals surface area contributed by atoms with Crippen molar-refractivity contribution in [1.29, 1.82) is 0 Å². The number of carbonyl (C=O) groups excluding carboxylic acids is 3. The molecule has 3 aliphatic rings. The number of piperidine rings is 1. The van der Waals surface area contributed by atoms with Crippen LogP contribution in [0, 0.1) is 6.92 Å². The Morgan fingerprint density at radius 3 is 2.33 bits per heavy atom. The Kier molecular flexibility index (Phi) is 5.11. The number of amides is 4. The lowest BCUT2D eigenvalue weighted by Gasteiger charge is -2.42. The lowest BCUT2D eigenvalue weighted by atomic mass is 9.85. The van der Waals surface area contributed by atoms with Crippen LogP contribution in [0.1, 0.15) is 53.2 Å². The summed E-state index contributed by atoms with van der Waals surface area (Å²) in [6.45, 7) is 2.75. The molecule has 1 aromatic carbocycles. The first-order valence-electron chi connectivity index (χ1n) is 11.5. The van der Waals surface area contributed by atoms with Crippen LogP contribution in [0.5, 0.6) is 0 Å². The van der Waals surface area contributed by atoms with E-state index >= 15 is 0 Å². The Hall–Kier alpha value is -3.42. The fraction of sp³-hybridized carbons (Fsp3) is 0.440. The van der Waals surface area contributed by atoms with Crippen LogP contribution in [0.2, 0.25) is 0 Å². The van der Waals surface area contributed by atoms with Crippen LogP contribution in [0.15, 0.2) is 47.4 Å². The highest BCUT2D eigenvalue weighted by Gasteiger charge is 2.57. The summed E-state index contributed by atoms with van der Waals surface area (Å²) >= 11 is 0. The largest absolute Gasteiger partial charge is 0.338 e. The first-order valence-corrected chi connectivity index (χ1v) is 11.5. The van der Waals surface area contributed by atoms with Crippen LogP contribution in [0.4, 0.5) is 4.79 Å². The summed E-state index contributed by atoms with van der Waals surface area (Å²) in [6.07, 6.45) is 4.40. The molecule has 33 heavy (non-hydrogen) atoms. The molecule has 2 aromatic rings. The van der Waals surface area contributed by atoms with Gasteiger partial charge in [0.1, 0.15) is 11.1 Å². The van der Waals surface area contributed by atoms with Gasteiger partial charge in [0, 0.05) is 38.9 Å². The molecule has 0 atom stereocenters. The van der Waals surface area contributed by atoms with Gasteiger partial charge >= 0.3 is 6.03 Å². The number of benzene rings is 1. The smallest absolute Gasteiger partial charge is 0.327 e. The summed E-state index contributed by atoms with van der Waals surface area (Å²) < 4.78 is 1.67. The quantitative estimate of drug-likeness (QED) is 0.673. The van der Waals surface area contributed by atoms with Gasteiger partial charge in [0.15, 0.2) is 0 Å². The molecule has 172 valence electrons. The predicted octanol–water partition coefficient (Wildman–Crippen LogP) is 2.56. The fourth-order valence-electron chi connectivity index (χ4n) is 5.13. The monoisotopic (exact) mass is 448 g/mol. The molecule has 1 aromatic heterocycles. The number of aryl methyl sites for hydroxylation is 1. The topological polar surface area (TPSA) is 82.9 Å². The van der Waals surface area contributed by atoms with Gasteiger partial charge in [-0.2, -0.15) is 0 Å². The number of likely N-dealkylation sites (tertiary alicyclic amines) is 1. The summed E-state index contributed by atoms with van der Waals surface area (Å²) in [5.41, 5.74) is 0.637. The number of urea groups is 1. The average molecular weight is 449 g/mol. The maximum absolute atomic E-state index is 13.4. The minimum absolute atomic E-state index is 0.193. The molecule has 2 saturated heterocycles. The van der Waals surface area contributed by atoms with Gasteiger partial charge in [-0.3, -0.25) is 19.3 Å². The van der Waals surface area contributed by atoms with E-state index in [1.165, 1.54) is 11.9 Å². The SMILES string of the molecule is Cc1ccn(C2CC2)c(=O)c1C(=O)N1CCC2(CC1)C(=O)N(C)C(=O)N2Cc1ccccc1. The minimum Gasteiger partial charge on any atom is -0.338 e. The van der Waals surface area contributed by atoms with Gasteiger partial charge in [0.05, 0.1) is 0 Å². The van der Waals surface area contributed by atoms with Crippen molar-refractivity contribution < 1.29 is 14.4 Å². The first kappa shape index (κ1) is 21.4. The normalized spacial score (nSPS) is 20.1. The molecule has 2 aliphatic heterocycles. The van der Waals surface area contributed by atoms with E-state index in [9.17, 15) is 19.2 Å². The molecule has 0 N–H and O–H groups in total. The number of hydrogen-bond donors (Lipinski definition) is 0. The van der Waals surface area contributed by atoms with Crippen molar-refractivity contribution in [2.24, 2.45) is 0 Å². The zero-order valence-electron chi connectivity index (χ0n) is 19.0. The van der Waals surface area contributed by atoms with E-state index in [4.69, 9.17) is 0 Å².